The smallest absolute Gasteiger partial charge is 0.235 e. The molecule has 3 heteroatoms. The molecular formula is C15H19NO2. The van der Waals surface area contributed by atoms with Crippen LogP contribution in [-0.4, -0.2) is 11.2 Å². The van der Waals surface area contributed by atoms with Crippen LogP contribution in [0.3, 0.4) is 0 Å². The van der Waals surface area contributed by atoms with Crippen molar-refractivity contribution >= 4 is 6.08 Å². The molecule has 0 amide bonds. The number of aryl methyl sites for hydroxylation is 1. The Kier molecular flexibility index (Phi) is 3.27. The Morgan fingerprint density at radius 2 is 2.06 bits per heavy atom. The first-order valence-corrected chi connectivity index (χ1v) is 6.44. The summed E-state index contributed by atoms with van der Waals surface area (Å²) in [5.74, 6) is 0.589. The number of phenolic OH excluding ortho intramolecular Hbond substituents is 1. The predicted molar refractivity (Wildman–Crippen MR) is 70.6 cm³/mol. The van der Waals surface area contributed by atoms with E-state index in [1.54, 1.807) is 6.08 Å². The Balaban J connectivity index is 2.67. The van der Waals surface area contributed by atoms with Crippen LogP contribution in [0, 0.1) is 6.92 Å². The summed E-state index contributed by atoms with van der Waals surface area (Å²) < 4.78 is 0. The first-order valence-electron chi connectivity index (χ1n) is 6.44. The van der Waals surface area contributed by atoms with Gasteiger partial charge in [0.15, 0.2) is 0 Å². The van der Waals surface area contributed by atoms with Crippen LogP contribution in [0.5, 0.6) is 5.75 Å². The zero-order chi connectivity index (χ0) is 13.3. The molecule has 0 saturated heterocycles. The first kappa shape index (κ1) is 12.8. The Hall–Kier alpha value is -1.60. The predicted octanol–water partition coefficient (Wildman–Crippen LogP) is 3.54. The minimum absolute atomic E-state index is 0.292. The zero-order valence-electron chi connectivity index (χ0n) is 11.2. The molecule has 0 atom stereocenters. The van der Waals surface area contributed by atoms with Crippen LogP contribution in [0.15, 0.2) is 17.1 Å². The molecule has 1 aliphatic carbocycles. The second-order valence-corrected chi connectivity index (χ2v) is 5.44. The zero-order valence-corrected chi connectivity index (χ0v) is 11.2. The van der Waals surface area contributed by atoms with Gasteiger partial charge in [-0.1, -0.05) is 26.0 Å². The molecule has 1 saturated carbocycles. The summed E-state index contributed by atoms with van der Waals surface area (Å²) in [5.41, 5.74) is 2.22. The number of phenols is 1. The number of aromatic hydroxyl groups is 1. The molecule has 3 nitrogen and oxygen atoms in total. The van der Waals surface area contributed by atoms with Crippen molar-refractivity contribution < 1.29 is 9.90 Å². The molecule has 0 radical (unpaired) electrons. The fraction of sp³-hybridized carbons (Fsp3) is 0.533. The molecule has 1 fully saturated rings. The number of hydrogen-bond acceptors (Lipinski definition) is 3. The lowest BCUT2D eigenvalue weighted by molar-refractivity contribution is 0.245. The highest BCUT2D eigenvalue weighted by molar-refractivity contribution is 5.53. The number of hydrogen-bond donors (Lipinski definition) is 1. The Morgan fingerprint density at radius 1 is 1.39 bits per heavy atom. The summed E-state index contributed by atoms with van der Waals surface area (Å²) in [4.78, 5) is 14.7. The van der Waals surface area contributed by atoms with Crippen LogP contribution < -0.4 is 0 Å². The average molecular weight is 245 g/mol. The van der Waals surface area contributed by atoms with Crippen molar-refractivity contribution in [3.63, 3.8) is 0 Å². The number of carbonyl (C=O) groups excluding carboxylic acids is 1. The highest BCUT2D eigenvalue weighted by Crippen LogP contribution is 2.51. The highest BCUT2D eigenvalue weighted by Gasteiger charge is 2.43. The van der Waals surface area contributed by atoms with E-state index in [1.165, 1.54) is 0 Å². The lowest BCUT2D eigenvalue weighted by Crippen LogP contribution is -2.33. The Labute approximate surface area is 108 Å². The lowest BCUT2D eigenvalue weighted by atomic mass is 9.69. The standard InChI is InChI=1S/C15H19NO2/c1-10(2)12-6-5-11(3)14(18)13(12)15(16-9-17)7-4-8-15/h5-6,10,18H,4,7-8H2,1-3H3. The van der Waals surface area contributed by atoms with Crippen molar-refractivity contribution in [3.05, 3.63) is 28.8 Å². The maximum atomic E-state index is 10.7. The van der Waals surface area contributed by atoms with Crippen molar-refractivity contribution in [3.8, 4) is 5.75 Å². The van der Waals surface area contributed by atoms with Crippen molar-refractivity contribution in [2.75, 3.05) is 0 Å². The molecule has 2 rings (SSSR count). The quantitative estimate of drug-likeness (QED) is 0.654. The van der Waals surface area contributed by atoms with Gasteiger partial charge in [-0.3, -0.25) is 0 Å². The highest BCUT2D eigenvalue weighted by atomic mass is 16.3. The van der Waals surface area contributed by atoms with E-state index in [4.69, 9.17) is 0 Å². The van der Waals surface area contributed by atoms with Gasteiger partial charge in [0.2, 0.25) is 6.08 Å². The van der Waals surface area contributed by atoms with Gasteiger partial charge in [-0.25, -0.2) is 4.79 Å². The normalized spacial score (nSPS) is 17.1. The summed E-state index contributed by atoms with van der Waals surface area (Å²) in [6, 6.07) is 3.96. The molecule has 1 N–H and O–H groups in total. The van der Waals surface area contributed by atoms with Crippen LogP contribution in [-0.2, 0) is 10.3 Å². The van der Waals surface area contributed by atoms with E-state index >= 15 is 0 Å². The third kappa shape index (κ3) is 1.85. The summed E-state index contributed by atoms with van der Waals surface area (Å²) in [6.45, 7) is 6.05. The number of benzene rings is 1. The number of isocyanates is 1. The van der Waals surface area contributed by atoms with Crippen molar-refractivity contribution in [2.24, 2.45) is 4.99 Å². The third-order valence-electron chi connectivity index (χ3n) is 3.94. The summed E-state index contributed by atoms with van der Waals surface area (Å²) in [5, 5.41) is 10.4. The largest absolute Gasteiger partial charge is 0.507 e. The van der Waals surface area contributed by atoms with Gasteiger partial charge in [-0.05, 0) is 43.2 Å². The van der Waals surface area contributed by atoms with Gasteiger partial charge >= 0.3 is 0 Å². The third-order valence-corrected chi connectivity index (χ3v) is 3.94. The van der Waals surface area contributed by atoms with E-state index in [0.717, 1.165) is 36.0 Å². The average Bonchev–Trinajstić information content (AvgIpc) is 2.27. The molecule has 0 spiro atoms. The molecule has 0 bridgehead atoms. The van der Waals surface area contributed by atoms with Gasteiger partial charge in [-0.15, -0.1) is 0 Å². The van der Waals surface area contributed by atoms with Gasteiger partial charge in [-0.2, -0.15) is 4.99 Å². The molecule has 0 aromatic heterocycles. The fourth-order valence-corrected chi connectivity index (χ4v) is 2.70. The van der Waals surface area contributed by atoms with Crippen molar-refractivity contribution in [1.29, 1.82) is 0 Å². The van der Waals surface area contributed by atoms with Crippen LogP contribution in [0.2, 0.25) is 0 Å². The summed E-state index contributed by atoms with van der Waals surface area (Å²) >= 11 is 0. The maximum absolute atomic E-state index is 10.7. The maximum Gasteiger partial charge on any atom is 0.235 e. The van der Waals surface area contributed by atoms with Gasteiger partial charge in [0.05, 0.1) is 0 Å². The molecule has 1 aromatic carbocycles. The van der Waals surface area contributed by atoms with Gasteiger partial charge in [0, 0.05) is 5.56 Å². The van der Waals surface area contributed by atoms with E-state index in [-0.39, 0.29) is 0 Å². The molecule has 0 aliphatic heterocycles. The van der Waals surface area contributed by atoms with Crippen molar-refractivity contribution in [1.82, 2.24) is 0 Å². The topological polar surface area (TPSA) is 49.7 Å². The van der Waals surface area contributed by atoms with Gasteiger partial charge in [0.1, 0.15) is 11.3 Å². The SMILES string of the molecule is Cc1ccc(C(C)C)c(C2(N=C=O)CCC2)c1O. The number of rotatable bonds is 3. The van der Waals surface area contributed by atoms with E-state index < -0.39 is 5.54 Å². The number of aliphatic imine (C=N–C) groups is 1. The summed E-state index contributed by atoms with van der Waals surface area (Å²) in [6.07, 6.45) is 4.36. The van der Waals surface area contributed by atoms with Crippen molar-refractivity contribution in [2.45, 2.75) is 51.5 Å². The Bertz CT molecular complexity index is 509. The minimum atomic E-state index is -0.530. The monoisotopic (exact) mass is 245 g/mol. The van der Waals surface area contributed by atoms with Crippen LogP contribution in [0.25, 0.3) is 0 Å². The van der Waals surface area contributed by atoms with E-state index in [1.807, 2.05) is 19.1 Å². The first-order chi connectivity index (χ1) is 8.52. The number of nitrogens with zero attached hydrogens (tertiary/aromatic N) is 1. The van der Waals surface area contributed by atoms with Crippen LogP contribution in [0.1, 0.15) is 55.7 Å². The van der Waals surface area contributed by atoms with Crippen LogP contribution in [0.4, 0.5) is 0 Å². The molecular weight excluding hydrogens is 226 g/mol. The van der Waals surface area contributed by atoms with E-state index in [2.05, 4.69) is 18.8 Å². The van der Waals surface area contributed by atoms with E-state index in [0.29, 0.717) is 11.7 Å². The molecule has 96 valence electrons. The van der Waals surface area contributed by atoms with E-state index in [9.17, 15) is 9.90 Å². The summed E-state index contributed by atoms with van der Waals surface area (Å²) in [7, 11) is 0. The Morgan fingerprint density at radius 3 is 2.50 bits per heavy atom. The van der Waals surface area contributed by atoms with Gasteiger partial charge in [0.25, 0.3) is 0 Å². The van der Waals surface area contributed by atoms with Gasteiger partial charge < -0.3 is 5.11 Å². The minimum Gasteiger partial charge on any atom is -0.507 e. The van der Waals surface area contributed by atoms with Crippen LogP contribution >= 0.6 is 0 Å². The molecule has 0 unspecified atom stereocenters. The molecule has 18 heavy (non-hydrogen) atoms. The fourth-order valence-electron chi connectivity index (χ4n) is 2.70. The molecule has 0 heterocycles. The molecule has 1 aliphatic rings. The second kappa shape index (κ2) is 4.58. The molecule has 1 aromatic rings. The second-order valence-electron chi connectivity index (χ2n) is 5.44. The lowest BCUT2D eigenvalue weighted by Gasteiger charge is -2.39.